The molecule has 3 rings (SSSR count). The summed E-state index contributed by atoms with van der Waals surface area (Å²) in [5.41, 5.74) is 1.67. The quantitative estimate of drug-likeness (QED) is 0.854. The summed E-state index contributed by atoms with van der Waals surface area (Å²) in [6.07, 6.45) is 3.15. The minimum atomic E-state index is -0.346. The molecule has 0 saturated carbocycles. The number of benzene rings is 1. The molecule has 4 nitrogen and oxygen atoms in total. The maximum Gasteiger partial charge on any atom is 0.150 e. The summed E-state index contributed by atoms with van der Waals surface area (Å²) in [4.78, 5) is 10.8. The lowest BCUT2D eigenvalue weighted by atomic mass is 10.1. The van der Waals surface area contributed by atoms with Gasteiger partial charge in [-0.3, -0.25) is 4.98 Å². The molecule has 0 aliphatic carbocycles. The molecule has 1 unspecified atom stereocenters. The molecule has 6 heteroatoms. The van der Waals surface area contributed by atoms with Crippen molar-refractivity contribution in [3.05, 3.63) is 52.7 Å². The molecule has 1 aromatic heterocycles. The number of rotatable bonds is 2. The van der Waals surface area contributed by atoms with Gasteiger partial charge in [0.2, 0.25) is 0 Å². The zero-order chi connectivity index (χ0) is 14.8. The van der Waals surface area contributed by atoms with Gasteiger partial charge in [0.25, 0.3) is 0 Å². The number of hydrogen-bond acceptors (Lipinski definition) is 4. The van der Waals surface area contributed by atoms with Crippen LogP contribution in [0.3, 0.4) is 0 Å². The fourth-order valence-corrected chi connectivity index (χ4v) is 2.79. The molecular weight excluding hydrogens is 293 g/mol. The number of hydrogen-bond donors (Lipinski definition) is 0. The van der Waals surface area contributed by atoms with Gasteiger partial charge in [0.05, 0.1) is 12.3 Å². The molecule has 1 atom stereocenters. The van der Waals surface area contributed by atoms with Gasteiger partial charge < -0.3 is 9.64 Å². The first-order valence-corrected chi connectivity index (χ1v) is 7.12. The van der Waals surface area contributed by atoms with Crippen LogP contribution in [0.25, 0.3) is 0 Å². The standard InChI is InChI=1S/C15H15ClFN3O/c1-10-15(19-5-4-18-10)20-6-7-21-14(9-20)12-3-2-11(17)8-13(12)16/h2-5,8,14H,6-7,9H2,1H3. The zero-order valence-electron chi connectivity index (χ0n) is 11.6. The first kappa shape index (κ1) is 14.2. The molecule has 1 aliphatic rings. The topological polar surface area (TPSA) is 38.2 Å². The van der Waals surface area contributed by atoms with Crippen LogP contribution < -0.4 is 4.90 Å². The Hall–Kier alpha value is -1.72. The summed E-state index contributed by atoms with van der Waals surface area (Å²) < 4.78 is 18.9. The van der Waals surface area contributed by atoms with Crippen LogP contribution in [-0.4, -0.2) is 29.7 Å². The second kappa shape index (κ2) is 5.95. The Kier molecular flexibility index (Phi) is 4.03. The van der Waals surface area contributed by atoms with Crippen molar-refractivity contribution in [2.45, 2.75) is 13.0 Å². The molecule has 1 saturated heterocycles. The maximum atomic E-state index is 13.2. The highest BCUT2D eigenvalue weighted by Crippen LogP contribution is 2.30. The highest BCUT2D eigenvalue weighted by Gasteiger charge is 2.25. The molecule has 0 spiro atoms. The smallest absolute Gasteiger partial charge is 0.150 e. The summed E-state index contributed by atoms with van der Waals surface area (Å²) in [5, 5.41) is 0.387. The Bertz CT molecular complexity index is 653. The molecule has 0 amide bonds. The molecule has 2 aromatic rings. The van der Waals surface area contributed by atoms with Crippen molar-refractivity contribution >= 4 is 17.4 Å². The van der Waals surface area contributed by atoms with Crippen LogP contribution in [0.1, 0.15) is 17.4 Å². The fraction of sp³-hybridized carbons (Fsp3) is 0.333. The van der Waals surface area contributed by atoms with E-state index in [-0.39, 0.29) is 11.9 Å². The van der Waals surface area contributed by atoms with E-state index in [2.05, 4.69) is 14.9 Å². The van der Waals surface area contributed by atoms with Gasteiger partial charge >= 0.3 is 0 Å². The van der Waals surface area contributed by atoms with Crippen LogP contribution >= 0.6 is 11.6 Å². The van der Waals surface area contributed by atoms with Gasteiger partial charge in [-0.25, -0.2) is 9.37 Å². The summed E-state index contributed by atoms with van der Waals surface area (Å²) in [6.45, 7) is 3.85. The number of ether oxygens (including phenoxy) is 1. The number of nitrogens with zero attached hydrogens (tertiary/aromatic N) is 3. The average Bonchev–Trinajstić information content (AvgIpc) is 2.48. The third-order valence-corrected chi connectivity index (χ3v) is 3.86. The van der Waals surface area contributed by atoms with Gasteiger partial charge in [0.15, 0.2) is 0 Å². The molecule has 0 radical (unpaired) electrons. The predicted octanol–water partition coefficient (Wildman–Crippen LogP) is 3.16. The Morgan fingerprint density at radius 2 is 2.14 bits per heavy atom. The lowest BCUT2D eigenvalue weighted by Gasteiger charge is -2.34. The van der Waals surface area contributed by atoms with Gasteiger partial charge in [-0.15, -0.1) is 0 Å². The van der Waals surface area contributed by atoms with Gasteiger partial charge in [-0.05, 0) is 19.1 Å². The number of aryl methyl sites for hydroxylation is 1. The number of anilines is 1. The van der Waals surface area contributed by atoms with Crippen molar-refractivity contribution in [3.8, 4) is 0 Å². The summed E-state index contributed by atoms with van der Waals surface area (Å²) in [5.74, 6) is 0.505. The molecule has 2 heterocycles. The van der Waals surface area contributed by atoms with Crippen LogP contribution in [0.15, 0.2) is 30.6 Å². The molecule has 1 aliphatic heterocycles. The van der Waals surface area contributed by atoms with E-state index in [0.717, 1.165) is 23.6 Å². The van der Waals surface area contributed by atoms with E-state index < -0.39 is 0 Å². The van der Waals surface area contributed by atoms with Gasteiger partial charge in [-0.2, -0.15) is 0 Å². The summed E-state index contributed by atoms with van der Waals surface area (Å²) in [6, 6.07) is 4.39. The third-order valence-electron chi connectivity index (χ3n) is 3.53. The van der Waals surface area contributed by atoms with Crippen LogP contribution in [-0.2, 0) is 4.74 Å². The Morgan fingerprint density at radius 3 is 2.90 bits per heavy atom. The normalized spacial score (nSPS) is 18.8. The van der Waals surface area contributed by atoms with Crippen LogP contribution in [0.4, 0.5) is 10.2 Å². The van der Waals surface area contributed by atoms with Gasteiger partial charge in [0, 0.05) is 36.1 Å². The highest BCUT2D eigenvalue weighted by atomic mass is 35.5. The minimum Gasteiger partial charge on any atom is -0.370 e. The van der Waals surface area contributed by atoms with E-state index in [1.165, 1.54) is 12.1 Å². The Balaban J connectivity index is 1.84. The number of halogens is 2. The summed E-state index contributed by atoms with van der Waals surface area (Å²) >= 11 is 6.12. The van der Waals surface area contributed by atoms with Crippen molar-refractivity contribution in [2.75, 3.05) is 24.6 Å². The summed E-state index contributed by atoms with van der Waals surface area (Å²) in [7, 11) is 0. The first-order valence-electron chi connectivity index (χ1n) is 6.74. The molecule has 1 aromatic carbocycles. The van der Waals surface area contributed by atoms with E-state index in [4.69, 9.17) is 16.3 Å². The van der Waals surface area contributed by atoms with Crippen molar-refractivity contribution < 1.29 is 9.13 Å². The maximum absolute atomic E-state index is 13.2. The second-order valence-electron chi connectivity index (χ2n) is 4.94. The monoisotopic (exact) mass is 307 g/mol. The predicted molar refractivity (Wildman–Crippen MR) is 79.1 cm³/mol. The molecule has 21 heavy (non-hydrogen) atoms. The minimum absolute atomic E-state index is 0.201. The largest absolute Gasteiger partial charge is 0.370 e. The molecule has 0 N–H and O–H groups in total. The first-order chi connectivity index (χ1) is 10.1. The third kappa shape index (κ3) is 2.99. The van der Waals surface area contributed by atoms with E-state index >= 15 is 0 Å². The zero-order valence-corrected chi connectivity index (χ0v) is 12.3. The van der Waals surface area contributed by atoms with Crippen LogP contribution in [0.2, 0.25) is 5.02 Å². The average molecular weight is 308 g/mol. The van der Waals surface area contributed by atoms with Crippen molar-refractivity contribution in [1.29, 1.82) is 0 Å². The number of aromatic nitrogens is 2. The molecule has 1 fully saturated rings. The highest BCUT2D eigenvalue weighted by molar-refractivity contribution is 6.31. The SMILES string of the molecule is Cc1nccnc1N1CCOC(c2ccc(F)cc2Cl)C1. The van der Waals surface area contributed by atoms with Crippen LogP contribution in [0, 0.1) is 12.7 Å². The van der Waals surface area contributed by atoms with Gasteiger partial charge in [-0.1, -0.05) is 17.7 Å². The lowest BCUT2D eigenvalue weighted by molar-refractivity contribution is 0.0395. The molecular formula is C15H15ClFN3O. The molecule has 110 valence electrons. The van der Waals surface area contributed by atoms with Gasteiger partial charge in [0.1, 0.15) is 17.7 Å². The second-order valence-corrected chi connectivity index (χ2v) is 5.34. The van der Waals surface area contributed by atoms with Crippen molar-refractivity contribution in [1.82, 2.24) is 9.97 Å². The van der Waals surface area contributed by atoms with E-state index in [1.54, 1.807) is 18.5 Å². The van der Waals surface area contributed by atoms with E-state index in [9.17, 15) is 4.39 Å². The van der Waals surface area contributed by atoms with Crippen molar-refractivity contribution in [3.63, 3.8) is 0 Å². The lowest BCUT2D eigenvalue weighted by Crippen LogP contribution is -2.39. The van der Waals surface area contributed by atoms with Crippen molar-refractivity contribution in [2.24, 2.45) is 0 Å². The Morgan fingerprint density at radius 1 is 1.33 bits per heavy atom. The van der Waals surface area contributed by atoms with E-state index in [1.807, 2.05) is 6.92 Å². The Labute approximate surface area is 127 Å². The van der Waals surface area contributed by atoms with E-state index in [0.29, 0.717) is 18.2 Å². The molecule has 0 bridgehead atoms. The fourth-order valence-electron chi connectivity index (χ4n) is 2.50. The van der Waals surface area contributed by atoms with Crippen LogP contribution in [0.5, 0.6) is 0 Å². The number of morpholine rings is 1.